The number of aromatic nitrogens is 2. The predicted octanol–water partition coefficient (Wildman–Crippen LogP) is 3.51. The molecule has 1 aromatic heterocycles. The van der Waals surface area contributed by atoms with Gasteiger partial charge in [-0.15, -0.1) is 0 Å². The zero-order valence-corrected chi connectivity index (χ0v) is 16.0. The first-order valence-electron chi connectivity index (χ1n) is 9.42. The SMILES string of the molecule is CCc1ccc([C@H]([NH2+][C@@H](C)c2nc3ccccc3c(=O)[nH]2)C(C)C)cc1. The molecule has 0 aliphatic carbocycles. The van der Waals surface area contributed by atoms with E-state index in [0.29, 0.717) is 17.3 Å². The second kappa shape index (κ2) is 7.83. The molecule has 0 spiro atoms. The van der Waals surface area contributed by atoms with E-state index in [1.54, 1.807) is 0 Å². The molecule has 1 heterocycles. The molecule has 0 aliphatic heterocycles. The first-order valence-corrected chi connectivity index (χ1v) is 9.42. The monoisotopic (exact) mass is 350 g/mol. The van der Waals surface area contributed by atoms with E-state index in [9.17, 15) is 4.79 Å². The number of H-pyrrole nitrogens is 1. The van der Waals surface area contributed by atoms with Gasteiger partial charge in [0.05, 0.1) is 10.9 Å². The number of aryl methyl sites for hydroxylation is 1. The van der Waals surface area contributed by atoms with Crippen molar-refractivity contribution < 1.29 is 5.32 Å². The number of quaternary nitrogens is 1. The molecule has 3 aromatic rings. The molecule has 0 unspecified atom stereocenters. The van der Waals surface area contributed by atoms with Crippen LogP contribution in [0.3, 0.4) is 0 Å². The van der Waals surface area contributed by atoms with Crippen LogP contribution in [0.25, 0.3) is 10.9 Å². The van der Waals surface area contributed by atoms with Crippen LogP contribution in [0.15, 0.2) is 53.3 Å². The lowest BCUT2D eigenvalue weighted by Gasteiger charge is -2.23. The van der Waals surface area contributed by atoms with Crippen molar-refractivity contribution in [3.8, 4) is 0 Å². The van der Waals surface area contributed by atoms with Gasteiger partial charge in [-0.2, -0.15) is 0 Å². The van der Waals surface area contributed by atoms with Crippen molar-refractivity contribution in [1.82, 2.24) is 9.97 Å². The van der Waals surface area contributed by atoms with Gasteiger partial charge in [0.15, 0.2) is 5.82 Å². The fourth-order valence-electron chi connectivity index (χ4n) is 3.42. The molecule has 4 nitrogen and oxygen atoms in total. The van der Waals surface area contributed by atoms with Crippen LogP contribution in [-0.4, -0.2) is 9.97 Å². The smallest absolute Gasteiger partial charge is 0.258 e. The Morgan fingerprint density at radius 3 is 2.38 bits per heavy atom. The number of nitrogens with two attached hydrogens (primary N) is 1. The first kappa shape index (κ1) is 18.3. The molecule has 2 aromatic carbocycles. The maximum absolute atomic E-state index is 12.4. The van der Waals surface area contributed by atoms with Gasteiger partial charge in [-0.25, -0.2) is 4.98 Å². The molecule has 136 valence electrons. The van der Waals surface area contributed by atoms with Gasteiger partial charge in [0.2, 0.25) is 0 Å². The van der Waals surface area contributed by atoms with Crippen molar-refractivity contribution in [3.05, 3.63) is 75.8 Å². The molecule has 0 radical (unpaired) electrons. The highest BCUT2D eigenvalue weighted by atomic mass is 16.1. The molecule has 0 amide bonds. The Hall–Kier alpha value is -2.46. The number of hydrogen-bond acceptors (Lipinski definition) is 2. The quantitative estimate of drug-likeness (QED) is 0.715. The number of aromatic amines is 1. The van der Waals surface area contributed by atoms with Gasteiger partial charge in [-0.3, -0.25) is 4.79 Å². The van der Waals surface area contributed by atoms with Gasteiger partial charge >= 0.3 is 0 Å². The summed E-state index contributed by atoms with van der Waals surface area (Å²) in [5.41, 5.74) is 3.34. The van der Waals surface area contributed by atoms with Crippen LogP contribution in [0.2, 0.25) is 0 Å². The van der Waals surface area contributed by atoms with Crippen molar-refractivity contribution in [2.24, 2.45) is 5.92 Å². The summed E-state index contributed by atoms with van der Waals surface area (Å²) in [5.74, 6) is 1.20. The van der Waals surface area contributed by atoms with Gasteiger partial charge in [0, 0.05) is 11.5 Å². The summed E-state index contributed by atoms with van der Waals surface area (Å²) in [6.07, 6.45) is 1.05. The van der Waals surface area contributed by atoms with E-state index in [4.69, 9.17) is 0 Å². The Morgan fingerprint density at radius 2 is 1.73 bits per heavy atom. The van der Waals surface area contributed by atoms with Crippen LogP contribution >= 0.6 is 0 Å². The predicted molar refractivity (Wildman–Crippen MR) is 106 cm³/mol. The molecule has 0 aliphatic rings. The molecule has 0 saturated carbocycles. The zero-order valence-electron chi connectivity index (χ0n) is 16.0. The molecule has 26 heavy (non-hydrogen) atoms. The Labute approximate surface area is 154 Å². The third kappa shape index (κ3) is 3.86. The Bertz CT molecular complexity index is 928. The molecule has 4 heteroatoms. The standard InChI is InChI=1S/C22H27N3O/c1-5-16-10-12-17(13-11-16)20(14(2)3)23-15(4)21-24-19-9-7-6-8-18(19)22(26)25-21/h6-15,20,23H,5H2,1-4H3,(H,24,25,26)/p+1/t15-,20+/m0/s1. The second-order valence-electron chi connectivity index (χ2n) is 7.31. The highest BCUT2D eigenvalue weighted by Gasteiger charge is 2.24. The summed E-state index contributed by atoms with van der Waals surface area (Å²) < 4.78 is 0. The molecule has 3 rings (SSSR count). The summed E-state index contributed by atoms with van der Waals surface area (Å²) in [6.45, 7) is 8.74. The number of nitrogens with one attached hydrogen (secondary N) is 1. The van der Waals surface area contributed by atoms with E-state index in [2.05, 4.69) is 67.2 Å². The minimum Gasteiger partial charge on any atom is -0.331 e. The van der Waals surface area contributed by atoms with Crippen molar-refractivity contribution in [2.75, 3.05) is 0 Å². The van der Waals surface area contributed by atoms with Crippen molar-refractivity contribution in [1.29, 1.82) is 0 Å². The molecule has 2 atom stereocenters. The minimum absolute atomic E-state index is 0.0607. The summed E-state index contributed by atoms with van der Waals surface area (Å²) in [5, 5.41) is 2.94. The average molecular weight is 350 g/mol. The number of benzene rings is 2. The highest BCUT2D eigenvalue weighted by molar-refractivity contribution is 5.77. The lowest BCUT2D eigenvalue weighted by molar-refractivity contribution is -0.738. The van der Waals surface area contributed by atoms with Gasteiger partial charge in [0.1, 0.15) is 12.1 Å². The van der Waals surface area contributed by atoms with E-state index >= 15 is 0 Å². The van der Waals surface area contributed by atoms with Crippen molar-refractivity contribution in [2.45, 2.75) is 46.2 Å². The fourth-order valence-corrected chi connectivity index (χ4v) is 3.42. The van der Waals surface area contributed by atoms with E-state index in [-0.39, 0.29) is 11.6 Å². The lowest BCUT2D eigenvalue weighted by Crippen LogP contribution is -2.87. The third-order valence-electron chi connectivity index (χ3n) is 5.05. The maximum Gasteiger partial charge on any atom is 0.258 e. The summed E-state index contributed by atoms with van der Waals surface area (Å²) in [6, 6.07) is 16.7. The third-order valence-corrected chi connectivity index (χ3v) is 5.05. The van der Waals surface area contributed by atoms with E-state index in [1.807, 2.05) is 24.3 Å². The maximum atomic E-state index is 12.4. The molecule has 0 bridgehead atoms. The van der Waals surface area contributed by atoms with Crippen LogP contribution in [0, 0.1) is 5.92 Å². The van der Waals surface area contributed by atoms with Crippen LogP contribution < -0.4 is 10.9 Å². The summed E-state index contributed by atoms with van der Waals surface area (Å²) in [7, 11) is 0. The summed E-state index contributed by atoms with van der Waals surface area (Å²) >= 11 is 0. The van der Waals surface area contributed by atoms with Crippen LogP contribution in [0.1, 0.15) is 56.7 Å². The molecule has 0 saturated heterocycles. The number of para-hydroxylation sites is 1. The van der Waals surface area contributed by atoms with Crippen molar-refractivity contribution in [3.63, 3.8) is 0 Å². The molecular formula is C22H28N3O+. The average Bonchev–Trinajstić information content (AvgIpc) is 2.65. The van der Waals surface area contributed by atoms with Gasteiger partial charge < -0.3 is 10.3 Å². The second-order valence-corrected chi connectivity index (χ2v) is 7.31. The highest BCUT2D eigenvalue weighted by Crippen LogP contribution is 2.20. The topological polar surface area (TPSA) is 62.4 Å². The zero-order chi connectivity index (χ0) is 18.7. The summed E-state index contributed by atoms with van der Waals surface area (Å²) in [4.78, 5) is 20.0. The van der Waals surface area contributed by atoms with Crippen molar-refractivity contribution >= 4 is 10.9 Å². The van der Waals surface area contributed by atoms with Crippen LogP contribution in [-0.2, 0) is 6.42 Å². The molecule has 3 N–H and O–H groups in total. The molecular weight excluding hydrogens is 322 g/mol. The Balaban J connectivity index is 1.88. The van der Waals surface area contributed by atoms with E-state index in [0.717, 1.165) is 17.8 Å². The number of fused-ring (bicyclic) bond motifs is 1. The van der Waals surface area contributed by atoms with E-state index < -0.39 is 0 Å². The number of hydrogen-bond donors (Lipinski definition) is 2. The number of rotatable bonds is 6. The number of nitrogens with zero attached hydrogens (tertiary/aromatic N) is 1. The minimum atomic E-state index is -0.0701. The van der Waals surface area contributed by atoms with Crippen LogP contribution in [0.4, 0.5) is 0 Å². The van der Waals surface area contributed by atoms with Gasteiger partial charge in [-0.1, -0.05) is 57.2 Å². The van der Waals surface area contributed by atoms with Gasteiger partial charge in [0.25, 0.3) is 5.56 Å². The Morgan fingerprint density at radius 1 is 1.04 bits per heavy atom. The van der Waals surface area contributed by atoms with Crippen LogP contribution in [0.5, 0.6) is 0 Å². The normalized spacial score (nSPS) is 13.9. The Kier molecular flexibility index (Phi) is 5.52. The largest absolute Gasteiger partial charge is 0.331 e. The molecule has 0 fully saturated rings. The first-order chi connectivity index (χ1) is 12.5. The fraction of sp³-hybridized carbons (Fsp3) is 0.364. The van der Waals surface area contributed by atoms with Gasteiger partial charge in [-0.05, 0) is 31.0 Å². The van der Waals surface area contributed by atoms with E-state index in [1.165, 1.54) is 11.1 Å². The lowest BCUT2D eigenvalue weighted by atomic mass is 9.94.